The summed E-state index contributed by atoms with van der Waals surface area (Å²) in [6.07, 6.45) is 3.27. The molecule has 0 fully saturated rings. The number of nitrogens with one attached hydrogen (secondary N) is 1. The summed E-state index contributed by atoms with van der Waals surface area (Å²) in [5.74, 6) is -0.104. The van der Waals surface area contributed by atoms with Crippen LogP contribution in [0, 0.1) is 0 Å². The molecule has 0 spiro atoms. The molecular formula is C10H19N5O. The lowest BCUT2D eigenvalue weighted by molar-refractivity contribution is 0.0668. The summed E-state index contributed by atoms with van der Waals surface area (Å²) in [4.78, 5) is 13.9. The first kappa shape index (κ1) is 12.6. The Morgan fingerprint density at radius 1 is 1.56 bits per heavy atom. The fraction of sp³-hybridized carbons (Fsp3) is 0.700. The van der Waals surface area contributed by atoms with E-state index in [4.69, 9.17) is 5.73 Å². The van der Waals surface area contributed by atoms with Crippen molar-refractivity contribution in [2.45, 2.75) is 32.7 Å². The van der Waals surface area contributed by atoms with Gasteiger partial charge in [-0.2, -0.15) is 15.4 Å². The molecule has 0 aliphatic rings. The van der Waals surface area contributed by atoms with E-state index in [0.29, 0.717) is 18.8 Å². The molecule has 1 rings (SSSR count). The summed E-state index contributed by atoms with van der Waals surface area (Å²) < 4.78 is 0. The number of rotatable bonds is 6. The molecule has 3 N–H and O–H groups in total. The van der Waals surface area contributed by atoms with Crippen molar-refractivity contribution < 1.29 is 4.79 Å². The molecule has 0 unspecified atom stereocenters. The SMILES string of the molecule is CCC(CC)N(CCN)C(=O)c1cn[nH]n1. The zero-order valence-corrected chi connectivity index (χ0v) is 9.81. The molecule has 0 bridgehead atoms. The summed E-state index contributed by atoms with van der Waals surface area (Å²) in [5.41, 5.74) is 5.88. The third kappa shape index (κ3) is 2.79. The molecule has 0 saturated heterocycles. The highest BCUT2D eigenvalue weighted by Crippen LogP contribution is 2.11. The number of carbonyl (C=O) groups is 1. The summed E-state index contributed by atoms with van der Waals surface area (Å²) in [6.45, 7) is 5.14. The van der Waals surface area contributed by atoms with E-state index in [9.17, 15) is 4.79 Å². The Morgan fingerprint density at radius 3 is 2.69 bits per heavy atom. The summed E-state index contributed by atoms with van der Waals surface area (Å²) >= 11 is 0. The Kier molecular flexibility index (Phi) is 4.91. The van der Waals surface area contributed by atoms with Crippen LogP contribution in [-0.2, 0) is 0 Å². The zero-order valence-electron chi connectivity index (χ0n) is 9.81. The number of hydrogen-bond acceptors (Lipinski definition) is 4. The van der Waals surface area contributed by atoms with Crippen LogP contribution in [0.1, 0.15) is 37.2 Å². The summed E-state index contributed by atoms with van der Waals surface area (Å²) in [6, 6.07) is 0.216. The van der Waals surface area contributed by atoms with Gasteiger partial charge >= 0.3 is 0 Å². The maximum atomic E-state index is 12.1. The quantitative estimate of drug-likeness (QED) is 0.733. The average Bonchev–Trinajstić information content (AvgIpc) is 2.82. The highest BCUT2D eigenvalue weighted by molar-refractivity contribution is 5.92. The molecule has 0 saturated carbocycles. The molecule has 0 radical (unpaired) electrons. The van der Waals surface area contributed by atoms with Gasteiger partial charge in [0.05, 0.1) is 6.20 Å². The van der Waals surface area contributed by atoms with Crippen molar-refractivity contribution in [2.24, 2.45) is 5.73 Å². The number of amides is 1. The molecule has 0 atom stereocenters. The van der Waals surface area contributed by atoms with Crippen molar-refractivity contribution in [3.8, 4) is 0 Å². The monoisotopic (exact) mass is 225 g/mol. The summed E-state index contributed by atoms with van der Waals surface area (Å²) in [7, 11) is 0. The topological polar surface area (TPSA) is 87.9 Å². The van der Waals surface area contributed by atoms with Crippen LogP contribution in [0.2, 0.25) is 0 Å². The Labute approximate surface area is 95.2 Å². The van der Waals surface area contributed by atoms with Crippen molar-refractivity contribution in [3.05, 3.63) is 11.9 Å². The molecule has 0 aliphatic carbocycles. The van der Waals surface area contributed by atoms with E-state index in [-0.39, 0.29) is 11.9 Å². The molecule has 1 heterocycles. The van der Waals surface area contributed by atoms with Crippen LogP contribution >= 0.6 is 0 Å². The first-order valence-corrected chi connectivity index (χ1v) is 5.61. The predicted molar refractivity (Wildman–Crippen MR) is 60.8 cm³/mol. The van der Waals surface area contributed by atoms with Crippen molar-refractivity contribution in [3.63, 3.8) is 0 Å². The van der Waals surface area contributed by atoms with Crippen molar-refractivity contribution >= 4 is 5.91 Å². The number of hydrogen-bond donors (Lipinski definition) is 2. The van der Waals surface area contributed by atoms with Crippen LogP contribution in [0.5, 0.6) is 0 Å². The molecule has 0 aromatic carbocycles. The van der Waals surface area contributed by atoms with Gasteiger partial charge in [-0.25, -0.2) is 0 Å². The molecule has 90 valence electrons. The van der Waals surface area contributed by atoms with Crippen LogP contribution in [-0.4, -0.2) is 45.3 Å². The standard InChI is InChI=1S/C10H19N5O/c1-3-8(4-2)15(6-5-11)10(16)9-7-12-14-13-9/h7-8H,3-6,11H2,1-2H3,(H,12,13,14). The van der Waals surface area contributed by atoms with Crippen LogP contribution in [0.15, 0.2) is 6.20 Å². The van der Waals surface area contributed by atoms with Crippen LogP contribution < -0.4 is 5.73 Å². The third-order valence-electron chi connectivity index (χ3n) is 2.65. The molecule has 1 aromatic heterocycles. The maximum Gasteiger partial charge on any atom is 0.276 e. The van der Waals surface area contributed by atoms with Crippen LogP contribution in [0.25, 0.3) is 0 Å². The Bertz CT molecular complexity index is 307. The zero-order chi connectivity index (χ0) is 12.0. The number of nitrogens with zero attached hydrogens (tertiary/aromatic N) is 3. The minimum atomic E-state index is -0.104. The molecule has 16 heavy (non-hydrogen) atoms. The lowest BCUT2D eigenvalue weighted by Gasteiger charge is -2.29. The van der Waals surface area contributed by atoms with Gasteiger partial charge in [0, 0.05) is 19.1 Å². The van der Waals surface area contributed by atoms with E-state index in [2.05, 4.69) is 29.3 Å². The third-order valence-corrected chi connectivity index (χ3v) is 2.65. The first-order valence-electron chi connectivity index (χ1n) is 5.61. The van der Waals surface area contributed by atoms with Gasteiger partial charge in [-0.15, -0.1) is 0 Å². The van der Waals surface area contributed by atoms with E-state index >= 15 is 0 Å². The number of aromatic amines is 1. The number of aromatic nitrogens is 3. The van der Waals surface area contributed by atoms with E-state index in [1.807, 2.05) is 0 Å². The Morgan fingerprint density at radius 2 is 2.25 bits per heavy atom. The molecule has 1 aromatic rings. The van der Waals surface area contributed by atoms with Crippen molar-refractivity contribution in [1.29, 1.82) is 0 Å². The van der Waals surface area contributed by atoms with Crippen molar-refractivity contribution in [2.75, 3.05) is 13.1 Å². The van der Waals surface area contributed by atoms with Gasteiger partial charge in [-0.1, -0.05) is 13.8 Å². The minimum absolute atomic E-state index is 0.104. The lowest BCUT2D eigenvalue weighted by Crippen LogP contribution is -2.42. The first-order chi connectivity index (χ1) is 7.74. The number of H-pyrrole nitrogens is 1. The van der Waals surface area contributed by atoms with Gasteiger partial charge in [-0.3, -0.25) is 4.79 Å². The van der Waals surface area contributed by atoms with Crippen LogP contribution in [0.4, 0.5) is 0 Å². The molecule has 0 aliphatic heterocycles. The normalized spacial score (nSPS) is 10.8. The van der Waals surface area contributed by atoms with Gasteiger partial charge in [0.1, 0.15) is 0 Å². The van der Waals surface area contributed by atoms with E-state index in [1.165, 1.54) is 6.20 Å². The maximum absolute atomic E-state index is 12.1. The second kappa shape index (κ2) is 6.22. The second-order valence-corrected chi connectivity index (χ2v) is 3.61. The highest BCUT2D eigenvalue weighted by Gasteiger charge is 2.23. The molecule has 6 heteroatoms. The molecular weight excluding hydrogens is 206 g/mol. The fourth-order valence-corrected chi connectivity index (χ4v) is 1.77. The van der Waals surface area contributed by atoms with Gasteiger partial charge in [-0.05, 0) is 12.8 Å². The van der Waals surface area contributed by atoms with Gasteiger partial charge in [0.2, 0.25) is 0 Å². The Balaban J connectivity index is 2.80. The highest BCUT2D eigenvalue weighted by atomic mass is 16.2. The summed E-state index contributed by atoms with van der Waals surface area (Å²) in [5, 5.41) is 9.89. The van der Waals surface area contributed by atoms with Crippen molar-refractivity contribution in [1.82, 2.24) is 20.3 Å². The predicted octanol–water partition coefficient (Wildman–Crippen LogP) is 0.394. The van der Waals surface area contributed by atoms with Crippen LogP contribution in [0.3, 0.4) is 0 Å². The lowest BCUT2D eigenvalue weighted by atomic mass is 10.1. The fourth-order valence-electron chi connectivity index (χ4n) is 1.77. The van der Waals surface area contributed by atoms with Gasteiger partial charge < -0.3 is 10.6 Å². The van der Waals surface area contributed by atoms with Gasteiger partial charge in [0.15, 0.2) is 5.69 Å². The smallest absolute Gasteiger partial charge is 0.276 e. The molecule has 1 amide bonds. The van der Waals surface area contributed by atoms with E-state index in [0.717, 1.165) is 12.8 Å². The molecule has 6 nitrogen and oxygen atoms in total. The number of carbonyl (C=O) groups excluding carboxylic acids is 1. The minimum Gasteiger partial charge on any atom is -0.333 e. The Hall–Kier alpha value is -1.43. The second-order valence-electron chi connectivity index (χ2n) is 3.61. The van der Waals surface area contributed by atoms with E-state index < -0.39 is 0 Å². The largest absolute Gasteiger partial charge is 0.333 e. The van der Waals surface area contributed by atoms with E-state index in [1.54, 1.807) is 4.90 Å². The number of nitrogens with two attached hydrogens (primary N) is 1. The average molecular weight is 225 g/mol. The van der Waals surface area contributed by atoms with Gasteiger partial charge in [0.25, 0.3) is 5.91 Å².